The largest absolute Gasteiger partial charge is 0.374 e. The number of aromatic nitrogens is 1. The van der Waals surface area contributed by atoms with Gasteiger partial charge in [0.2, 0.25) is 11.9 Å². The smallest absolute Gasteiger partial charge is 0.241 e. The Morgan fingerprint density at radius 1 is 1.64 bits per heavy atom. The predicted molar refractivity (Wildman–Crippen MR) is 51.3 cm³/mol. The number of nitrogens with one attached hydrogen (secondary N) is 2. The number of hydrogen-bond donors (Lipinski definition) is 2. The van der Waals surface area contributed by atoms with Gasteiger partial charge in [-0.3, -0.25) is 4.79 Å². The predicted octanol–water partition coefficient (Wildman–Crippen LogP) is 0.767. The van der Waals surface area contributed by atoms with E-state index in [-0.39, 0.29) is 5.91 Å². The molecule has 1 atom stereocenters. The van der Waals surface area contributed by atoms with Crippen molar-refractivity contribution in [1.29, 1.82) is 0 Å². The summed E-state index contributed by atoms with van der Waals surface area (Å²) in [7, 11) is 1.55. The van der Waals surface area contributed by atoms with Crippen molar-refractivity contribution in [1.82, 2.24) is 10.3 Å². The molecule has 1 aromatic rings. The minimum absolute atomic E-state index is 0.151. The van der Waals surface area contributed by atoms with E-state index < -0.39 is 12.0 Å². The van der Waals surface area contributed by atoms with Gasteiger partial charge >= 0.3 is 0 Å². The number of amides is 1. The Morgan fingerprint density at radius 3 is 2.93 bits per heavy atom. The first-order chi connectivity index (χ1) is 6.63. The van der Waals surface area contributed by atoms with Gasteiger partial charge in [0.15, 0.2) is 0 Å². The number of anilines is 1. The maximum absolute atomic E-state index is 12.6. The highest BCUT2D eigenvalue weighted by Gasteiger charge is 2.10. The molecule has 0 spiro atoms. The third kappa shape index (κ3) is 2.69. The number of halogens is 1. The number of likely N-dealkylation sites (N-methyl/N-ethyl adjacent to an activating group) is 1. The molecule has 0 aliphatic rings. The highest BCUT2D eigenvalue weighted by Crippen LogP contribution is 2.08. The van der Waals surface area contributed by atoms with Crippen LogP contribution >= 0.6 is 0 Å². The second-order valence-corrected chi connectivity index (χ2v) is 2.85. The molecule has 0 fully saturated rings. The molecular weight excluding hydrogens is 185 g/mol. The van der Waals surface area contributed by atoms with Gasteiger partial charge in [-0.25, -0.2) is 4.98 Å². The molecule has 0 aromatic carbocycles. The van der Waals surface area contributed by atoms with E-state index in [0.717, 1.165) is 0 Å². The minimum atomic E-state index is -0.570. The van der Waals surface area contributed by atoms with Crippen molar-refractivity contribution in [3.8, 4) is 0 Å². The van der Waals surface area contributed by atoms with Crippen molar-refractivity contribution in [2.45, 2.75) is 13.0 Å². The third-order valence-electron chi connectivity index (χ3n) is 1.75. The van der Waals surface area contributed by atoms with Crippen LogP contribution in [0.1, 0.15) is 6.92 Å². The first kappa shape index (κ1) is 10.4. The van der Waals surface area contributed by atoms with Crippen molar-refractivity contribution < 1.29 is 9.18 Å². The zero-order chi connectivity index (χ0) is 10.6. The lowest BCUT2D eigenvalue weighted by molar-refractivity contribution is -0.121. The lowest BCUT2D eigenvalue weighted by Crippen LogP contribution is -2.35. The van der Waals surface area contributed by atoms with Crippen LogP contribution in [0.4, 0.5) is 10.1 Å². The van der Waals surface area contributed by atoms with E-state index in [0.29, 0.717) is 5.69 Å². The van der Waals surface area contributed by atoms with Crippen LogP contribution in [0, 0.1) is 5.95 Å². The summed E-state index contributed by atoms with van der Waals surface area (Å²) in [5.41, 5.74) is 0.536. The Hall–Kier alpha value is -1.65. The first-order valence-corrected chi connectivity index (χ1v) is 4.23. The van der Waals surface area contributed by atoms with Crippen LogP contribution in [0.5, 0.6) is 0 Å². The van der Waals surface area contributed by atoms with E-state index in [1.165, 1.54) is 12.3 Å². The molecule has 0 aliphatic carbocycles. The molecule has 2 N–H and O–H groups in total. The second kappa shape index (κ2) is 4.55. The molecule has 1 amide bonds. The summed E-state index contributed by atoms with van der Waals surface area (Å²) < 4.78 is 12.6. The number of pyridine rings is 1. The van der Waals surface area contributed by atoms with Gasteiger partial charge in [0.05, 0.1) is 0 Å². The molecule has 1 aromatic heterocycles. The first-order valence-electron chi connectivity index (χ1n) is 4.23. The number of rotatable bonds is 3. The van der Waals surface area contributed by atoms with Gasteiger partial charge in [-0.2, -0.15) is 4.39 Å². The molecule has 0 saturated carbocycles. The van der Waals surface area contributed by atoms with E-state index in [1.54, 1.807) is 20.0 Å². The summed E-state index contributed by atoms with van der Waals surface area (Å²) in [6, 6.07) is 2.43. The van der Waals surface area contributed by atoms with Gasteiger partial charge in [0.25, 0.3) is 0 Å². The fourth-order valence-corrected chi connectivity index (χ4v) is 1.02. The van der Waals surface area contributed by atoms with E-state index in [9.17, 15) is 9.18 Å². The van der Waals surface area contributed by atoms with E-state index in [4.69, 9.17) is 0 Å². The molecule has 4 nitrogen and oxygen atoms in total. The molecule has 5 heteroatoms. The van der Waals surface area contributed by atoms with Crippen LogP contribution in [0.25, 0.3) is 0 Å². The van der Waals surface area contributed by atoms with Crippen LogP contribution in [0.15, 0.2) is 18.3 Å². The van der Waals surface area contributed by atoms with Gasteiger partial charge in [-0.05, 0) is 13.0 Å². The average molecular weight is 197 g/mol. The molecule has 0 bridgehead atoms. The Morgan fingerprint density at radius 2 is 2.36 bits per heavy atom. The lowest BCUT2D eigenvalue weighted by atomic mass is 10.3. The van der Waals surface area contributed by atoms with Crippen LogP contribution < -0.4 is 10.6 Å². The Kier molecular flexibility index (Phi) is 3.39. The number of carbonyl (C=O) groups excluding carboxylic acids is 1. The van der Waals surface area contributed by atoms with Crippen LogP contribution in [0.3, 0.4) is 0 Å². The normalized spacial score (nSPS) is 11.9. The number of carbonyl (C=O) groups is 1. The monoisotopic (exact) mass is 197 g/mol. The fraction of sp³-hybridized carbons (Fsp3) is 0.333. The summed E-state index contributed by atoms with van der Waals surface area (Å²) in [5.74, 6) is -0.721. The molecular formula is C9H12FN3O. The molecule has 1 unspecified atom stereocenters. The maximum atomic E-state index is 12.6. The molecule has 0 aliphatic heterocycles. The highest BCUT2D eigenvalue weighted by molar-refractivity contribution is 5.83. The molecule has 0 saturated heterocycles. The minimum Gasteiger partial charge on any atom is -0.374 e. The van der Waals surface area contributed by atoms with Crippen LogP contribution in [-0.4, -0.2) is 24.0 Å². The van der Waals surface area contributed by atoms with Crippen LogP contribution in [-0.2, 0) is 4.79 Å². The van der Waals surface area contributed by atoms with Gasteiger partial charge in [-0.1, -0.05) is 0 Å². The molecule has 1 heterocycles. The SMILES string of the molecule is CNC(=O)C(C)Nc1ccnc(F)c1. The zero-order valence-corrected chi connectivity index (χ0v) is 8.04. The number of nitrogens with zero attached hydrogens (tertiary/aromatic N) is 1. The van der Waals surface area contributed by atoms with Gasteiger partial charge in [0.1, 0.15) is 6.04 Å². The molecule has 14 heavy (non-hydrogen) atoms. The standard InChI is InChI=1S/C9H12FN3O/c1-6(9(14)11-2)13-7-3-4-12-8(10)5-7/h3-6H,1-2H3,(H,11,14)(H,12,13). The summed E-state index contributed by atoms with van der Waals surface area (Å²) in [6.07, 6.45) is 1.34. The zero-order valence-electron chi connectivity index (χ0n) is 8.04. The maximum Gasteiger partial charge on any atom is 0.241 e. The summed E-state index contributed by atoms with van der Waals surface area (Å²) >= 11 is 0. The molecule has 76 valence electrons. The molecule has 1 rings (SSSR count). The Bertz CT molecular complexity index is 330. The van der Waals surface area contributed by atoms with E-state index in [1.807, 2.05) is 0 Å². The Balaban J connectivity index is 2.64. The van der Waals surface area contributed by atoms with Crippen LogP contribution in [0.2, 0.25) is 0 Å². The van der Waals surface area contributed by atoms with E-state index >= 15 is 0 Å². The average Bonchev–Trinajstić information content (AvgIpc) is 2.16. The van der Waals surface area contributed by atoms with Crippen molar-refractivity contribution in [2.75, 3.05) is 12.4 Å². The molecule has 0 radical (unpaired) electrons. The van der Waals surface area contributed by atoms with Gasteiger partial charge < -0.3 is 10.6 Å². The summed E-state index contributed by atoms with van der Waals surface area (Å²) in [6.45, 7) is 1.69. The Labute approximate surface area is 81.5 Å². The quantitative estimate of drug-likeness (QED) is 0.703. The highest BCUT2D eigenvalue weighted by atomic mass is 19.1. The third-order valence-corrected chi connectivity index (χ3v) is 1.75. The lowest BCUT2D eigenvalue weighted by Gasteiger charge is -2.12. The van der Waals surface area contributed by atoms with Gasteiger partial charge in [0, 0.05) is 25.0 Å². The van der Waals surface area contributed by atoms with Crippen molar-refractivity contribution in [3.05, 3.63) is 24.3 Å². The topological polar surface area (TPSA) is 54.0 Å². The van der Waals surface area contributed by atoms with Crippen molar-refractivity contribution in [2.24, 2.45) is 0 Å². The summed E-state index contributed by atoms with van der Waals surface area (Å²) in [4.78, 5) is 14.5. The fourth-order valence-electron chi connectivity index (χ4n) is 1.02. The van der Waals surface area contributed by atoms with Gasteiger partial charge in [-0.15, -0.1) is 0 Å². The number of hydrogen-bond acceptors (Lipinski definition) is 3. The van der Waals surface area contributed by atoms with Crippen molar-refractivity contribution >= 4 is 11.6 Å². The second-order valence-electron chi connectivity index (χ2n) is 2.85. The van der Waals surface area contributed by atoms with E-state index in [2.05, 4.69) is 15.6 Å². The van der Waals surface area contributed by atoms with Crippen molar-refractivity contribution in [3.63, 3.8) is 0 Å². The summed E-state index contributed by atoms with van der Waals surface area (Å²) in [5, 5.41) is 5.33.